The highest BCUT2D eigenvalue weighted by Crippen LogP contribution is 1.84. The summed E-state index contributed by atoms with van der Waals surface area (Å²) in [6.45, 7) is 3.16. The molecule has 3 nitrogen and oxygen atoms in total. The normalized spacial score (nSPS) is 13.6. The van der Waals surface area contributed by atoms with Crippen LogP contribution in [-0.4, -0.2) is 27.7 Å². The van der Waals surface area contributed by atoms with Crippen molar-refractivity contribution in [1.82, 2.24) is 0 Å². The van der Waals surface area contributed by atoms with Gasteiger partial charge in [0.2, 0.25) is 0 Å². The highest BCUT2D eigenvalue weighted by atomic mass is 32.2. The van der Waals surface area contributed by atoms with Crippen LogP contribution in [0.3, 0.4) is 0 Å². The van der Waals surface area contributed by atoms with E-state index in [4.69, 9.17) is 9.29 Å². The fourth-order valence-corrected chi connectivity index (χ4v) is 0.794. The maximum atomic E-state index is 10.0. The average molecular weight is 152 g/mol. The summed E-state index contributed by atoms with van der Waals surface area (Å²) in [5.74, 6) is 0.319. The molecule has 1 unspecified atom stereocenters. The van der Waals surface area contributed by atoms with Crippen molar-refractivity contribution in [2.75, 3.05) is 19.0 Å². The van der Waals surface area contributed by atoms with Crippen LogP contribution in [0, 0.1) is 0 Å². The van der Waals surface area contributed by atoms with E-state index < -0.39 is 11.1 Å². The van der Waals surface area contributed by atoms with Crippen molar-refractivity contribution in [1.29, 1.82) is 0 Å². The SMILES string of the molecule is CCOCCCS(=O)O. The van der Waals surface area contributed by atoms with E-state index in [1.54, 1.807) is 0 Å². The molecule has 0 aliphatic heterocycles. The van der Waals surface area contributed by atoms with Crippen molar-refractivity contribution < 1.29 is 13.5 Å². The smallest absolute Gasteiger partial charge is 0.152 e. The van der Waals surface area contributed by atoms with Gasteiger partial charge in [-0.2, -0.15) is 0 Å². The molecule has 0 fully saturated rings. The first-order valence-corrected chi connectivity index (χ1v) is 4.20. The van der Waals surface area contributed by atoms with E-state index in [1.807, 2.05) is 6.92 Å². The summed E-state index contributed by atoms with van der Waals surface area (Å²) < 4.78 is 23.2. The molecule has 0 aromatic heterocycles. The Balaban J connectivity index is 2.83. The van der Waals surface area contributed by atoms with Gasteiger partial charge in [0.1, 0.15) is 0 Å². The Labute approximate surface area is 57.7 Å². The van der Waals surface area contributed by atoms with E-state index in [0.29, 0.717) is 25.4 Å². The minimum Gasteiger partial charge on any atom is -0.382 e. The molecule has 4 heteroatoms. The minimum absolute atomic E-state index is 0.319. The summed E-state index contributed by atoms with van der Waals surface area (Å²) in [4.78, 5) is 0. The van der Waals surface area contributed by atoms with Crippen LogP contribution in [0.4, 0.5) is 0 Å². The summed E-state index contributed by atoms with van der Waals surface area (Å²) in [6, 6.07) is 0. The average Bonchev–Trinajstić information content (AvgIpc) is 1.80. The highest BCUT2D eigenvalue weighted by Gasteiger charge is 1.91. The molecule has 0 bridgehead atoms. The first kappa shape index (κ1) is 9.07. The molecule has 0 aromatic rings. The molecule has 0 amide bonds. The van der Waals surface area contributed by atoms with Gasteiger partial charge in [-0.3, -0.25) is 0 Å². The summed E-state index contributed by atoms with van der Waals surface area (Å²) in [6.07, 6.45) is 0.664. The molecule has 0 aromatic carbocycles. The zero-order chi connectivity index (χ0) is 7.11. The molecule has 0 saturated carbocycles. The van der Waals surface area contributed by atoms with Crippen LogP contribution in [0.2, 0.25) is 0 Å². The van der Waals surface area contributed by atoms with E-state index in [1.165, 1.54) is 0 Å². The molecule has 56 valence electrons. The van der Waals surface area contributed by atoms with Crippen LogP contribution >= 0.6 is 0 Å². The molecule has 1 atom stereocenters. The zero-order valence-electron chi connectivity index (χ0n) is 5.50. The van der Waals surface area contributed by atoms with E-state index in [9.17, 15) is 4.21 Å². The number of ether oxygens (including phenoxy) is 1. The second-order valence-electron chi connectivity index (χ2n) is 1.58. The minimum atomic E-state index is -1.65. The quantitative estimate of drug-likeness (QED) is 0.464. The largest absolute Gasteiger partial charge is 0.382 e. The lowest BCUT2D eigenvalue weighted by Gasteiger charge is -1.96. The van der Waals surface area contributed by atoms with E-state index in [0.717, 1.165) is 0 Å². The molecule has 0 aliphatic rings. The Bertz CT molecular complexity index is 84.3. The first-order valence-electron chi connectivity index (χ1n) is 2.92. The van der Waals surface area contributed by atoms with E-state index in [-0.39, 0.29) is 0 Å². The molecule has 0 heterocycles. The molecule has 0 spiro atoms. The second kappa shape index (κ2) is 6.19. The molecule has 9 heavy (non-hydrogen) atoms. The third-order valence-corrected chi connectivity index (χ3v) is 1.45. The Hall–Kier alpha value is 0.0700. The van der Waals surface area contributed by atoms with Crippen molar-refractivity contribution in [3.05, 3.63) is 0 Å². The lowest BCUT2D eigenvalue weighted by Crippen LogP contribution is -2.00. The summed E-state index contributed by atoms with van der Waals surface area (Å²) >= 11 is -1.65. The third-order valence-electron chi connectivity index (χ3n) is 0.812. The van der Waals surface area contributed by atoms with Gasteiger partial charge >= 0.3 is 0 Å². The number of hydrogen-bond acceptors (Lipinski definition) is 2. The van der Waals surface area contributed by atoms with Crippen molar-refractivity contribution in [3.63, 3.8) is 0 Å². The lowest BCUT2D eigenvalue weighted by atomic mass is 10.5. The Morgan fingerprint density at radius 3 is 2.78 bits per heavy atom. The van der Waals surface area contributed by atoms with Gasteiger partial charge in [0.25, 0.3) is 0 Å². The second-order valence-corrected chi connectivity index (χ2v) is 2.63. The van der Waals surface area contributed by atoms with Gasteiger partial charge in [-0.1, -0.05) is 0 Å². The molecule has 0 saturated heterocycles. The first-order chi connectivity index (χ1) is 4.27. The van der Waals surface area contributed by atoms with Crippen LogP contribution in [0.5, 0.6) is 0 Å². The van der Waals surface area contributed by atoms with Crippen LogP contribution in [0.25, 0.3) is 0 Å². The van der Waals surface area contributed by atoms with Gasteiger partial charge in [-0.25, -0.2) is 4.21 Å². The topological polar surface area (TPSA) is 46.5 Å². The van der Waals surface area contributed by atoms with Crippen LogP contribution < -0.4 is 0 Å². The van der Waals surface area contributed by atoms with E-state index >= 15 is 0 Å². The zero-order valence-corrected chi connectivity index (χ0v) is 6.32. The van der Waals surface area contributed by atoms with Crippen LogP contribution in [0.15, 0.2) is 0 Å². The predicted octanol–water partition coefficient (Wildman–Crippen LogP) is 0.635. The maximum absolute atomic E-state index is 10.0. The fourth-order valence-electron chi connectivity index (χ4n) is 0.429. The molecular formula is C5H12O3S. The van der Waals surface area contributed by atoms with Gasteiger partial charge in [-0.15, -0.1) is 0 Å². The standard InChI is InChI=1S/C5H12O3S/c1-2-8-4-3-5-9(6)7/h2-5H2,1H3,(H,6,7). The Morgan fingerprint density at radius 2 is 2.33 bits per heavy atom. The Morgan fingerprint density at radius 1 is 1.67 bits per heavy atom. The van der Waals surface area contributed by atoms with Gasteiger partial charge in [0.05, 0.1) is 5.75 Å². The molecule has 1 N–H and O–H groups in total. The molecule has 0 radical (unpaired) electrons. The molecular weight excluding hydrogens is 140 g/mol. The maximum Gasteiger partial charge on any atom is 0.152 e. The summed E-state index contributed by atoms with van der Waals surface area (Å²) in [5.41, 5.74) is 0. The Kier molecular flexibility index (Phi) is 6.24. The summed E-state index contributed by atoms with van der Waals surface area (Å²) in [7, 11) is 0. The van der Waals surface area contributed by atoms with Gasteiger partial charge in [-0.05, 0) is 13.3 Å². The van der Waals surface area contributed by atoms with E-state index in [2.05, 4.69) is 0 Å². The fraction of sp³-hybridized carbons (Fsp3) is 1.00. The van der Waals surface area contributed by atoms with Crippen molar-refractivity contribution >= 4 is 11.1 Å². The number of hydrogen-bond donors (Lipinski definition) is 1. The van der Waals surface area contributed by atoms with Crippen molar-refractivity contribution in [2.45, 2.75) is 13.3 Å². The van der Waals surface area contributed by atoms with Gasteiger partial charge in [0, 0.05) is 13.2 Å². The monoisotopic (exact) mass is 152 g/mol. The van der Waals surface area contributed by atoms with Gasteiger partial charge < -0.3 is 9.29 Å². The van der Waals surface area contributed by atoms with Crippen molar-refractivity contribution in [2.24, 2.45) is 0 Å². The predicted molar refractivity (Wildman–Crippen MR) is 36.7 cm³/mol. The van der Waals surface area contributed by atoms with Gasteiger partial charge in [0.15, 0.2) is 11.1 Å². The highest BCUT2D eigenvalue weighted by molar-refractivity contribution is 7.79. The van der Waals surface area contributed by atoms with Crippen molar-refractivity contribution in [3.8, 4) is 0 Å². The summed E-state index contributed by atoms with van der Waals surface area (Å²) in [5, 5.41) is 0. The molecule has 0 aliphatic carbocycles. The lowest BCUT2D eigenvalue weighted by molar-refractivity contribution is 0.148. The molecule has 0 rings (SSSR count). The number of rotatable bonds is 5. The van der Waals surface area contributed by atoms with Crippen LogP contribution in [-0.2, 0) is 15.8 Å². The van der Waals surface area contributed by atoms with Crippen LogP contribution in [0.1, 0.15) is 13.3 Å². The third kappa shape index (κ3) is 8.07.